The lowest BCUT2D eigenvalue weighted by molar-refractivity contribution is -0.116. The van der Waals surface area contributed by atoms with E-state index in [0.717, 1.165) is 16.3 Å². The number of rotatable bonds is 1. The van der Waals surface area contributed by atoms with Gasteiger partial charge in [0.2, 0.25) is 0 Å². The van der Waals surface area contributed by atoms with Crippen molar-refractivity contribution in [2.75, 3.05) is 6.54 Å². The summed E-state index contributed by atoms with van der Waals surface area (Å²) in [6, 6.07) is 11.8. The van der Waals surface area contributed by atoms with Gasteiger partial charge in [-0.2, -0.15) is 0 Å². The molecule has 0 atom stereocenters. The summed E-state index contributed by atoms with van der Waals surface area (Å²) < 4.78 is 0. The smallest absolute Gasteiger partial charge is 0.262 e. The lowest BCUT2D eigenvalue weighted by Crippen LogP contribution is -2.25. The van der Waals surface area contributed by atoms with Gasteiger partial charge in [-0.1, -0.05) is 35.9 Å². The van der Waals surface area contributed by atoms with Crippen LogP contribution in [0.3, 0.4) is 0 Å². The molecular formula is C14H11ClN2O. The van der Waals surface area contributed by atoms with Crippen LogP contribution < -0.4 is 10.9 Å². The Labute approximate surface area is 109 Å². The van der Waals surface area contributed by atoms with Gasteiger partial charge in [-0.3, -0.25) is 10.2 Å². The summed E-state index contributed by atoms with van der Waals surface area (Å²) in [5.41, 5.74) is 7.04. The van der Waals surface area contributed by atoms with Gasteiger partial charge in [-0.05, 0) is 34.5 Å². The average molecular weight is 259 g/mol. The summed E-state index contributed by atoms with van der Waals surface area (Å²) in [6.07, 6.45) is 1.88. The van der Waals surface area contributed by atoms with Crippen molar-refractivity contribution >= 4 is 34.4 Å². The quantitative estimate of drug-likeness (QED) is 0.772. The third kappa shape index (κ3) is 1.98. The van der Waals surface area contributed by atoms with E-state index in [9.17, 15) is 4.79 Å². The van der Waals surface area contributed by atoms with E-state index in [0.29, 0.717) is 17.1 Å². The molecule has 90 valence electrons. The van der Waals surface area contributed by atoms with Gasteiger partial charge in [0.25, 0.3) is 5.91 Å². The molecule has 2 aromatic rings. The minimum atomic E-state index is -0.0842. The van der Waals surface area contributed by atoms with E-state index in [4.69, 9.17) is 11.6 Å². The van der Waals surface area contributed by atoms with Crippen LogP contribution in [-0.2, 0) is 4.79 Å². The zero-order valence-electron chi connectivity index (χ0n) is 9.53. The molecule has 2 N–H and O–H groups in total. The van der Waals surface area contributed by atoms with E-state index in [1.807, 2.05) is 42.5 Å². The zero-order chi connectivity index (χ0) is 12.5. The van der Waals surface area contributed by atoms with Gasteiger partial charge in [0.1, 0.15) is 0 Å². The summed E-state index contributed by atoms with van der Waals surface area (Å²) in [4.78, 5) is 11.5. The second-order valence-electron chi connectivity index (χ2n) is 4.19. The number of halogens is 1. The molecule has 1 aliphatic heterocycles. The van der Waals surface area contributed by atoms with Crippen LogP contribution in [0.25, 0.3) is 16.8 Å². The van der Waals surface area contributed by atoms with Crippen molar-refractivity contribution in [2.45, 2.75) is 0 Å². The van der Waals surface area contributed by atoms with E-state index in [1.165, 1.54) is 0 Å². The molecule has 0 unspecified atom stereocenters. The van der Waals surface area contributed by atoms with Gasteiger partial charge in [0.05, 0.1) is 0 Å². The monoisotopic (exact) mass is 258 g/mol. The number of hydrogen-bond donors (Lipinski definition) is 2. The van der Waals surface area contributed by atoms with Gasteiger partial charge >= 0.3 is 0 Å². The normalized spacial score (nSPS) is 17.4. The van der Waals surface area contributed by atoms with Crippen molar-refractivity contribution in [2.24, 2.45) is 0 Å². The first-order valence-electron chi connectivity index (χ1n) is 5.66. The van der Waals surface area contributed by atoms with Gasteiger partial charge in [-0.15, -0.1) is 0 Å². The van der Waals surface area contributed by atoms with E-state index in [1.54, 1.807) is 0 Å². The SMILES string of the molecule is O=C1NNC/C1=C\c1cc(Cl)cc2ccccc12. The predicted molar refractivity (Wildman–Crippen MR) is 73.1 cm³/mol. The highest BCUT2D eigenvalue weighted by atomic mass is 35.5. The maximum atomic E-state index is 11.5. The molecule has 0 spiro atoms. The maximum Gasteiger partial charge on any atom is 0.262 e. The fraction of sp³-hybridized carbons (Fsp3) is 0.0714. The van der Waals surface area contributed by atoms with Crippen LogP contribution in [0.4, 0.5) is 0 Å². The van der Waals surface area contributed by atoms with Crippen LogP contribution >= 0.6 is 11.6 Å². The van der Waals surface area contributed by atoms with Gasteiger partial charge in [-0.25, -0.2) is 5.43 Å². The van der Waals surface area contributed by atoms with E-state index in [2.05, 4.69) is 10.9 Å². The summed E-state index contributed by atoms with van der Waals surface area (Å²) in [6.45, 7) is 0.527. The molecule has 0 aliphatic carbocycles. The summed E-state index contributed by atoms with van der Waals surface area (Å²) >= 11 is 6.10. The molecule has 3 rings (SSSR count). The molecular weight excluding hydrogens is 248 g/mol. The third-order valence-electron chi connectivity index (χ3n) is 2.96. The molecule has 1 aliphatic rings. The van der Waals surface area contributed by atoms with Gasteiger partial charge < -0.3 is 0 Å². The minimum Gasteiger partial charge on any atom is -0.287 e. The van der Waals surface area contributed by atoms with Crippen molar-refractivity contribution in [3.63, 3.8) is 0 Å². The number of hydrogen-bond acceptors (Lipinski definition) is 2. The fourth-order valence-electron chi connectivity index (χ4n) is 2.11. The van der Waals surface area contributed by atoms with Crippen LogP contribution in [0, 0.1) is 0 Å². The standard InChI is InChI=1S/C14H11ClN2O/c15-12-6-9-3-1-2-4-13(9)10(7-12)5-11-8-16-17-14(11)18/h1-7,16H,8H2,(H,17,18)/b11-5+. The Bertz CT molecular complexity index is 664. The Morgan fingerprint density at radius 3 is 2.83 bits per heavy atom. The van der Waals surface area contributed by atoms with Crippen molar-refractivity contribution in [3.8, 4) is 0 Å². The highest BCUT2D eigenvalue weighted by molar-refractivity contribution is 6.31. The molecule has 1 heterocycles. The molecule has 0 saturated carbocycles. The Morgan fingerprint density at radius 1 is 1.22 bits per heavy atom. The molecule has 0 bridgehead atoms. The highest BCUT2D eigenvalue weighted by Gasteiger charge is 2.15. The fourth-order valence-corrected chi connectivity index (χ4v) is 2.34. The number of carbonyl (C=O) groups is 1. The summed E-state index contributed by atoms with van der Waals surface area (Å²) in [5, 5.41) is 2.84. The van der Waals surface area contributed by atoms with Crippen LogP contribution in [0.1, 0.15) is 5.56 Å². The molecule has 18 heavy (non-hydrogen) atoms. The van der Waals surface area contributed by atoms with E-state index < -0.39 is 0 Å². The van der Waals surface area contributed by atoms with Crippen molar-refractivity contribution in [3.05, 3.63) is 52.6 Å². The first kappa shape index (κ1) is 11.3. The topological polar surface area (TPSA) is 41.1 Å². The largest absolute Gasteiger partial charge is 0.287 e. The Morgan fingerprint density at radius 2 is 2.06 bits per heavy atom. The highest BCUT2D eigenvalue weighted by Crippen LogP contribution is 2.26. The average Bonchev–Trinajstić information content (AvgIpc) is 2.75. The van der Waals surface area contributed by atoms with Crippen molar-refractivity contribution in [1.29, 1.82) is 0 Å². The zero-order valence-corrected chi connectivity index (χ0v) is 10.3. The number of amides is 1. The molecule has 0 aromatic heterocycles. The molecule has 1 saturated heterocycles. The molecule has 1 amide bonds. The second kappa shape index (κ2) is 4.44. The van der Waals surface area contributed by atoms with Gasteiger partial charge in [0, 0.05) is 17.1 Å². The lowest BCUT2D eigenvalue weighted by atomic mass is 10.0. The Kier molecular flexibility index (Phi) is 2.78. The molecule has 4 heteroatoms. The Balaban J connectivity index is 2.19. The summed E-state index contributed by atoms with van der Waals surface area (Å²) in [5.74, 6) is -0.0842. The molecule has 1 fully saturated rings. The third-order valence-corrected chi connectivity index (χ3v) is 3.18. The van der Waals surface area contributed by atoms with Crippen LogP contribution in [0.2, 0.25) is 5.02 Å². The second-order valence-corrected chi connectivity index (χ2v) is 4.63. The lowest BCUT2D eigenvalue weighted by Gasteiger charge is -2.04. The summed E-state index contributed by atoms with van der Waals surface area (Å²) in [7, 11) is 0. The minimum absolute atomic E-state index is 0.0842. The van der Waals surface area contributed by atoms with Crippen LogP contribution in [-0.4, -0.2) is 12.5 Å². The number of hydrazine groups is 1. The first-order chi connectivity index (χ1) is 8.74. The molecule has 0 radical (unpaired) electrons. The number of fused-ring (bicyclic) bond motifs is 1. The van der Waals surface area contributed by atoms with Crippen molar-refractivity contribution in [1.82, 2.24) is 10.9 Å². The van der Waals surface area contributed by atoms with Crippen LogP contribution in [0.5, 0.6) is 0 Å². The molecule has 2 aromatic carbocycles. The van der Waals surface area contributed by atoms with Gasteiger partial charge in [0.15, 0.2) is 0 Å². The number of carbonyl (C=O) groups excluding carboxylic acids is 1. The van der Waals surface area contributed by atoms with Crippen molar-refractivity contribution < 1.29 is 4.79 Å². The number of benzene rings is 2. The predicted octanol–water partition coefficient (Wildman–Crippen LogP) is 2.51. The first-order valence-corrected chi connectivity index (χ1v) is 6.04. The van der Waals surface area contributed by atoms with E-state index in [-0.39, 0.29) is 5.91 Å². The maximum absolute atomic E-state index is 11.5. The molecule has 3 nitrogen and oxygen atoms in total. The van der Waals surface area contributed by atoms with E-state index >= 15 is 0 Å². The Hall–Kier alpha value is -1.84. The number of nitrogens with one attached hydrogen (secondary N) is 2. The van der Waals surface area contributed by atoms with Crippen LogP contribution in [0.15, 0.2) is 42.0 Å².